The minimum atomic E-state index is 0.181. The van der Waals surface area contributed by atoms with E-state index in [-0.39, 0.29) is 5.84 Å². The number of rotatable bonds is 5. The molecular formula is C10H15ClN4. The smallest absolute Gasteiger partial charge is 0.147 e. The molecule has 0 fully saturated rings. The van der Waals surface area contributed by atoms with E-state index in [9.17, 15) is 0 Å². The van der Waals surface area contributed by atoms with Gasteiger partial charge in [-0.05, 0) is 19.1 Å². The van der Waals surface area contributed by atoms with E-state index in [1.807, 2.05) is 11.8 Å². The van der Waals surface area contributed by atoms with Crippen LogP contribution in [0, 0.1) is 5.41 Å². The Morgan fingerprint density at radius 2 is 2.40 bits per heavy atom. The molecule has 0 saturated carbocycles. The third-order valence-corrected chi connectivity index (χ3v) is 2.37. The predicted octanol–water partition coefficient (Wildman–Crippen LogP) is 1.89. The van der Waals surface area contributed by atoms with Crippen LogP contribution in [0.15, 0.2) is 18.3 Å². The number of hydrogen-bond acceptors (Lipinski definition) is 3. The average molecular weight is 227 g/mol. The van der Waals surface area contributed by atoms with Gasteiger partial charge >= 0.3 is 0 Å². The lowest BCUT2D eigenvalue weighted by molar-refractivity contribution is 0.815. The molecular weight excluding hydrogens is 212 g/mol. The van der Waals surface area contributed by atoms with Gasteiger partial charge in [0, 0.05) is 25.7 Å². The van der Waals surface area contributed by atoms with Crippen molar-refractivity contribution in [1.29, 1.82) is 5.41 Å². The van der Waals surface area contributed by atoms with Crippen LogP contribution in [0.3, 0.4) is 0 Å². The minimum Gasteiger partial charge on any atom is -0.388 e. The molecule has 0 unspecified atom stereocenters. The van der Waals surface area contributed by atoms with Crippen molar-refractivity contribution in [2.24, 2.45) is 5.73 Å². The number of aromatic nitrogens is 1. The van der Waals surface area contributed by atoms with Crippen LogP contribution in [-0.4, -0.2) is 23.9 Å². The maximum absolute atomic E-state index is 7.18. The first kappa shape index (κ1) is 11.8. The second-order valence-corrected chi connectivity index (χ2v) is 3.57. The SMILES string of the molecule is CCN(CCC(=N)N)c1ncccc1Cl. The molecule has 3 N–H and O–H groups in total. The number of nitrogens with zero attached hydrogens (tertiary/aromatic N) is 2. The van der Waals surface area contributed by atoms with E-state index in [4.69, 9.17) is 22.7 Å². The lowest BCUT2D eigenvalue weighted by atomic mass is 10.3. The fourth-order valence-corrected chi connectivity index (χ4v) is 1.52. The number of nitrogens with two attached hydrogens (primary N) is 1. The van der Waals surface area contributed by atoms with E-state index in [2.05, 4.69) is 4.98 Å². The summed E-state index contributed by atoms with van der Waals surface area (Å²) in [6.45, 7) is 3.48. The number of pyridine rings is 1. The van der Waals surface area contributed by atoms with Gasteiger partial charge in [0.25, 0.3) is 0 Å². The second kappa shape index (κ2) is 5.56. The molecule has 1 rings (SSSR count). The van der Waals surface area contributed by atoms with Crippen molar-refractivity contribution in [3.8, 4) is 0 Å². The van der Waals surface area contributed by atoms with E-state index in [1.54, 1.807) is 18.3 Å². The zero-order valence-corrected chi connectivity index (χ0v) is 9.46. The average Bonchev–Trinajstić information content (AvgIpc) is 2.21. The molecule has 0 aliphatic rings. The minimum absolute atomic E-state index is 0.181. The summed E-state index contributed by atoms with van der Waals surface area (Å²) in [6.07, 6.45) is 2.23. The zero-order chi connectivity index (χ0) is 11.3. The van der Waals surface area contributed by atoms with Crippen LogP contribution in [0.5, 0.6) is 0 Å². The molecule has 15 heavy (non-hydrogen) atoms. The highest BCUT2D eigenvalue weighted by Crippen LogP contribution is 2.21. The van der Waals surface area contributed by atoms with Crippen molar-refractivity contribution in [3.63, 3.8) is 0 Å². The third kappa shape index (κ3) is 3.40. The fraction of sp³-hybridized carbons (Fsp3) is 0.400. The molecule has 1 aromatic heterocycles. The normalized spacial score (nSPS) is 10.0. The summed E-state index contributed by atoms with van der Waals surface area (Å²) in [5.41, 5.74) is 5.31. The molecule has 0 atom stereocenters. The van der Waals surface area contributed by atoms with Gasteiger partial charge in [-0.25, -0.2) is 4.98 Å². The largest absolute Gasteiger partial charge is 0.388 e. The molecule has 0 saturated heterocycles. The number of halogens is 1. The van der Waals surface area contributed by atoms with Crippen LogP contribution in [-0.2, 0) is 0 Å². The van der Waals surface area contributed by atoms with Gasteiger partial charge < -0.3 is 10.6 Å². The van der Waals surface area contributed by atoms with Crippen molar-refractivity contribution in [2.75, 3.05) is 18.0 Å². The molecule has 0 spiro atoms. The molecule has 0 bridgehead atoms. The van der Waals surface area contributed by atoms with E-state index in [0.717, 1.165) is 12.4 Å². The van der Waals surface area contributed by atoms with E-state index < -0.39 is 0 Å². The molecule has 0 amide bonds. The first-order valence-electron chi connectivity index (χ1n) is 4.83. The lowest BCUT2D eigenvalue weighted by Crippen LogP contribution is -2.28. The van der Waals surface area contributed by atoms with E-state index in [0.29, 0.717) is 18.0 Å². The monoisotopic (exact) mass is 226 g/mol. The van der Waals surface area contributed by atoms with Crippen LogP contribution in [0.4, 0.5) is 5.82 Å². The predicted molar refractivity (Wildman–Crippen MR) is 63.7 cm³/mol. The Morgan fingerprint density at radius 1 is 1.67 bits per heavy atom. The maximum Gasteiger partial charge on any atom is 0.147 e. The summed E-state index contributed by atoms with van der Waals surface area (Å²) in [4.78, 5) is 6.21. The Kier molecular flexibility index (Phi) is 4.37. The molecule has 0 aliphatic heterocycles. The van der Waals surface area contributed by atoms with Crippen LogP contribution in [0.25, 0.3) is 0 Å². The molecule has 1 aromatic rings. The Balaban J connectivity index is 2.74. The molecule has 5 heteroatoms. The van der Waals surface area contributed by atoms with E-state index >= 15 is 0 Å². The van der Waals surface area contributed by atoms with Crippen LogP contribution in [0.1, 0.15) is 13.3 Å². The lowest BCUT2D eigenvalue weighted by Gasteiger charge is -2.22. The third-order valence-electron chi connectivity index (χ3n) is 2.07. The standard InChI is InChI=1S/C10H15ClN4/c1-2-15(7-5-9(12)13)10-8(11)4-3-6-14-10/h3-4,6H,2,5,7H2,1H3,(H3,12,13). The van der Waals surface area contributed by atoms with Crippen molar-refractivity contribution in [2.45, 2.75) is 13.3 Å². The number of hydrogen-bond donors (Lipinski definition) is 2. The van der Waals surface area contributed by atoms with Gasteiger partial charge in [0.2, 0.25) is 0 Å². The molecule has 0 radical (unpaired) electrons. The van der Waals surface area contributed by atoms with E-state index in [1.165, 1.54) is 0 Å². The molecule has 0 aliphatic carbocycles. The molecule has 0 aromatic carbocycles. The highest BCUT2D eigenvalue weighted by Gasteiger charge is 2.09. The topological polar surface area (TPSA) is 66.0 Å². The van der Waals surface area contributed by atoms with Gasteiger partial charge in [0.1, 0.15) is 5.82 Å². The van der Waals surface area contributed by atoms with Gasteiger partial charge in [-0.2, -0.15) is 0 Å². The van der Waals surface area contributed by atoms with Gasteiger partial charge in [0.15, 0.2) is 0 Å². The first-order valence-corrected chi connectivity index (χ1v) is 5.21. The molecule has 4 nitrogen and oxygen atoms in total. The van der Waals surface area contributed by atoms with Gasteiger partial charge in [-0.3, -0.25) is 5.41 Å². The molecule has 1 heterocycles. The Labute approximate surface area is 94.6 Å². The summed E-state index contributed by atoms with van der Waals surface area (Å²) < 4.78 is 0. The van der Waals surface area contributed by atoms with Crippen molar-refractivity contribution in [1.82, 2.24) is 4.98 Å². The summed E-state index contributed by atoms with van der Waals surface area (Å²) in [6, 6.07) is 3.60. The highest BCUT2D eigenvalue weighted by atomic mass is 35.5. The maximum atomic E-state index is 7.18. The summed E-state index contributed by atoms with van der Waals surface area (Å²) >= 11 is 6.02. The van der Waals surface area contributed by atoms with Gasteiger partial charge in [-0.15, -0.1) is 0 Å². The quantitative estimate of drug-likeness (QED) is 0.595. The van der Waals surface area contributed by atoms with Crippen LogP contribution < -0.4 is 10.6 Å². The number of nitrogens with one attached hydrogen (secondary N) is 1. The number of anilines is 1. The van der Waals surface area contributed by atoms with Crippen LogP contribution in [0.2, 0.25) is 5.02 Å². The van der Waals surface area contributed by atoms with Gasteiger partial charge in [0.05, 0.1) is 10.9 Å². The van der Waals surface area contributed by atoms with Crippen molar-refractivity contribution >= 4 is 23.3 Å². The summed E-state index contributed by atoms with van der Waals surface area (Å²) in [7, 11) is 0. The summed E-state index contributed by atoms with van der Waals surface area (Å²) in [5, 5.41) is 7.80. The Hall–Kier alpha value is -1.29. The molecule has 82 valence electrons. The van der Waals surface area contributed by atoms with Crippen molar-refractivity contribution in [3.05, 3.63) is 23.4 Å². The van der Waals surface area contributed by atoms with Crippen molar-refractivity contribution < 1.29 is 0 Å². The van der Waals surface area contributed by atoms with Gasteiger partial charge in [-0.1, -0.05) is 11.6 Å². The van der Waals surface area contributed by atoms with Crippen LogP contribution >= 0.6 is 11.6 Å². The summed E-state index contributed by atoms with van der Waals surface area (Å²) in [5.74, 6) is 0.934. The Morgan fingerprint density at radius 3 is 2.93 bits per heavy atom. The fourth-order valence-electron chi connectivity index (χ4n) is 1.28. The first-order chi connectivity index (χ1) is 7.15. The number of amidine groups is 1. The highest BCUT2D eigenvalue weighted by molar-refractivity contribution is 6.32. The Bertz CT molecular complexity index is 340. The second-order valence-electron chi connectivity index (χ2n) is 3.16. The zero-order valence-electron chi connectivity index (χ0n) is 8.70.